The molecule has 1 atom stereocenters. The molecule has 0 aliphatic carbocycles. The van der Waals surface area contributed by atoms with Crippen LogP contribution in [0.1, 0.15) is 12.5 Å². The van der Waals surface area contributed by atoms with Gasteiger partial charge >= 0.3 is 6.03 Å². The zero-order chi connectivity index (χ0) is 21.9. The van der Waals surface area contributed by atoms with Gasteiger partial charge in [0.25, 0.3) is 0 Å². The molecule has 6 nitrogen and oxygen atoms in total. The van der Waals surface area contributed by atoms with E-state index in [1.807, 2.05) is 30.0 Å². The lowest BCUT2D eigenvalue weighted by molar-refractivity contribution is 0.184. The molecule has 1 aliphatic heterocycles. The molecule has 1 aromatic carbocycles. The smallest absolute Gasteiger partial charge is 0.322 e. The molecule has 3 rings (SSSR count). The molecular weight excluding hydrogens is 416 g/mol. The van der Waals surface area contributed by atoms with Crippen LogP contribution in [0.2, 0.25) is 24.7 Å². The number of piperazine rings is 1. The van der Waals surface area contributed by atoms with Crippen LogP contribution in [0.5, 0.6) is 0 Å². The molecule has 1 aliphatic rings. The summed E-state index contributed by atoms with van der Waals surface area (Å²) in [5.41, 5.74) is 1.73. The first-order chi connectivity index (χ1) is 14.2. The van der Waals surface area contributed by atoms with E-state index in [4.69, 9.17) is 16.7 Å². The Morgan fingerprint density at radius 3 is 2.53 bits per heavy atom. The van der Waals surface area contributed by atoms with E-state index >= 15 is 0 Å². The maximum Gasteiger partial charge on any atom is 0.322 e. The van der Waals surface area contributed by atoms with Crippen molar-refractivity contribution in [3.8, 4) is 0 Å². The summed E-state index contributed by atoms with van der Waals surface area (Å²) in [6.45, 7) is 11.0. The van der Waals surface area contributed by atoms with Gasteiger partial charge in [-0.25, -0.2) is 9.78 Å². The normalized spacial score (nSPS) is 17.2. The van der Waals surface area contributed by atoms with Gasteiger partial charge in [0.1, 0.15) is 5.82 Å². The van der Waals surface area contributed by atoms with Gasteiger partial charge in [0.15, 0.2) is 0 Å². The number of urea groups is 1. The SMILES string of the molecule is CC1CN(c2ncc(CCO)cc2Cl)CCN1C(=O)Nc1ccc([Si](C)(C)C)cc1. The van der Waals surface area contributed by atoms with Gasteiger partial charge in [0.05, 0.1) is 13.1 Å². The number of carbonyl (C=O) groups is 1. The molecular formula is C22H31ClN4O2Si. The Hall–Kier alpha value is -2.09. The van der Waals surface area contributed by atoms with Gasteiger partial charge in [-0.1, -0.05) is 48.6 Å². The summed E-state index contributed by atoms with van der Waals surface area (Å²) in [4.78, 5) is 21.3. The highest BCUT2D eigenvalue weighted by molar-refractivity contribution is 6.88. The molecule has 2 amide bonds. The van der Waals surface area contributed by atoms with Crippen molar-refractivity contribution < 1.29 is 9.90 Å². The number of nitrogens with zero attached hydrogens (tertiary/aromatic N) is 3. The van der Waals surface area contributed by atoms with Crippen LogP contribution in [0.4, 0.5) is 16.3 Å². The fourth-order valence-corrected chi connectivity index (χ4v) is 5.14. The number of carbonyl (C=O) groups excluding carboxylic acids is 1. The van der Waals surface area contributed by atoms with E-state index in [9.17, 15) is 4.79 Å². The Bertz CT molecular complexity index is 886. The molecule has 1 aromatic heterocycles. The van der Waals surface area contributed by atoms with Gasteiger partial charge in [0.2, 0.25) is 0 Å². The van der Waals surface area contributed by atoms with Crippen LogP contribution in [0, 0.1) is 0 Å². The van der Waals surface area contributed by atoms with Crippen molar-refractivity contribution in [2.75, 3.05) is 36.5 Å². The van der Waals surface area contributed by atoms with Crippen LogP contribution in [-0.4, -0.2) is 61.4 Å². The van der Waals surface area contributed by atoms with Crippen molar-refractivity contribution in [2.45, 2.75) is 39.0 Å². The van der Waals surface area contributed by atoms with E-state index < -0.39 is 8.07 Å². The highest BCUT2D eigenvalue weighted by atomic mass is 35.5. The fourth-order valence-electron chi connectivity index (χ4n) is 3.67. The molecule has 8 heteroatoms. The predicted molar refractivity (Wildman–Crippen MR) is 127 cm³/mol. The van der Waals surface area contributed by atoms with Crippen molar-refractivity contribution in [2.24, 2.45) is 0 Å². The van der Waals surface area contributed by atoms with Gasteiger partial charge < -0.3 is 20.2 Å². The number of aliphatic hydroxyl groups excluding tert-OH is 1. The first kappa shape index (κ1) is 22.6. The first-order valence-corrected chi connectivity index (χ1v) is 14.2. The second kappa shape index (κ2) is 9.37. The lowest BCUT2D eigenvalue weighted by Crippen LogP contribution is -2.55. The minimum absolute atomic E-state index is 0.0231. The van der Waals surface area contributed by atoms with Gasteiger partial charge in [-0.05, 0) is 37.1 Å². The number of anilines is 2. The van der Waals surface area contributed by atoms with Gasteiger partial charge in [0, 0.05) is 44.2 Å². The van der Waals surface area contributed by atoms with Crippen molar-refractivity contribution in [3.63, 3.8) is 0 Å². The lowest BCUT2D eigenvalue weighted by atomic mass is 10.2. The monoisotopic (exact) mass is 446 g/mol. The van der Waals surface area contributed by atoms with Crippen LogP contribution in [-0.2, 0) is 6.42 Å². The molecule has 2 heterocycles. The molecule has 0 spiro atoms. The molecule has 1 unspecified atom stereocenters. The van der Waals surface area contributed by atoms with E-state index in [1.165, 1.54) is 5.19 Å². The van der Waals surface area contributed by atoms with E-state index in [0.29, 0.717) is 31.1 Å². The number of benzene rings is 1. The number of rotatable bonds is 5. The summed E-state index contributed by atoms with van der Waals surface area (Å²) in [5, 5.41) is 14.1. The van der Waals surface area contributed by atoms with Crippen molar-refractivity contribution in [3.05, 3.63) is 47.1 Å². The molecule has 0 saturated carbocycles. The fraction of sp³-hybridized carbons (Fsp3) is 0.455. The molecule has 2 aromatic rings. The summed E-state index contributed by atoms with van der Waals surface area (Å²) in [6.07, 6.45) is 2.29. The average molecular weight is 447 g/mol. The number of halogens is 1. The maximum absolute atomic E-state index is 12.8. The minimum Gasteiger partial charge on any atom is -0.396 e. The Balaban J connectivity index is 1.62. The topological polar surface area (TPSA) is 68.7 Å². The van der Waals surface area contributed by atoms with Crippen molar-refractivity contribution >= 4 is 42.4 Å². The Morgan fingerprint density at radius 1 is 1.27 bits per heavy atom. The third-order valence-corrected chi connectivity index (χ3v) is 7.81. The van der Waals surface area contributed by atoms with Gasteiger partial charge in [-0.2, -0.15) is 0 Å². The molecule has 2 N–H and O–H groups in total. The summed E-state index contributed by atoms with van der Waals surface area (Å²) >= 11 is 6.42. The zero-order valence-corrected chi connectivity index (χ0v) is 19.9. The number of hydrogen-bond acceptors (Lipinski definition) is 4. The van der Waals surface area contributed by atoms with Crippen LogP contribution >= 0.6 is 11.6 Å². The molecule has 1 fully saturated rings. The average Bonchev–Trinajstić information content (AvgIpc) is 2.68. The second-order valence-corrected chi connectivity index (χ2v) is 14.4. The van der Waals surface area contributed by atoms with Crippen LogP contribution in [0.3, 0.4) is 0 Å². The van der Waals surface area contributed by atoms with Crippen LogP contribution < -0.4 is 15.4 Å². The summed E-state index contributed by atoms with van der Waals surface area (Å²) < 4.78 is 0. The summed E-state index contributed by atoms with van der Waals surface area (Å²) in [5.74, 6) is 0.729. The van der Waals surface area contributed by atoms with Crippen molar-refractivity contribution in [1.82, 2.24) is 9.88 Å². The molecule has 30 heavy (non-hydrogen) atoms. The molecule has 0 radical (unpaired) electrons. The Labute approximate surface area is 184 Å². The van der Waals surface area contributed by atoms with Gasteiger partial charge in [-0.3, -0.25) is 0 Å². The molecule has 0 bridgehead atoms. The number of hydrogen-bond donors (Lipinski definition) is 2. The maximum atomic E-state index is 12.8. The van der Waals surface area contributed by atoms with E-state index in [0.717, 1.165) is 17.1 Å². The highest BCUT2D eigenvalue weighted by Crippen LogP contribution is 2.26. The standard InChI is InChI=1S/C22H31ClN4O2Si/c1-16-15-26(21-20(23)13-17(9-12-28)14-24-21)10-11-27(16)22(29)25-18-5-7-19(8-6-18)30(2,3)4/h5-8,13-14,16,28H,9-12,15H2,1-4H3,(H,25,29). The van der Waals surface area contributed by atoms with Gasteiger partial charge in [-0.15, -0.1) is 0 Å². The third-order valence-electron chi connectivity index (χ3n) is 5.47. The summed E-state index contributed by atoms with van der Waals surface area (Å²) in [7, 11) is -1.35. The second-order valence-electron chi connectivity index (χ2n) is 8.87. The van der Waals surface area contributed by atoms with E-state index in [2.05, 4.69) is 47.0 Å². The van der Waals surface area contributed by atoms with Crippen LogP contribution in [0.25, 0.3) is 0 Å². The zero-order valence-electron chi connectivity index (χ0n) is 18.2. The van der Waals surface area contributed by atoms with E-state index in [-0.39, 0.29) is 18.7 Å². The predicted octanol–water partition coefficient (Wildman–Crippen LogP) is 3.56. The number of pyridine rings is 1. The van der Waals surface area contributed by atoms with Crippen molar-refractivity contribution in [1.29, 1.82) is 0 Å². The largest absolute Gasteiger partial charge is 0.396 e. The highest BCUT2D eigenvalue weighted by Gasteiger charge is 2.29. The minimum atomic E-state index is -1.35. The third kappa shape index (κ3) is 5.33. The summed E-state index contributed by atoms with van der Waals surface area (Å²) in [6, 6.07) is 10.0. The molecule has 1 saturated heterocycles. The number of aliphatic hydroxyl groups is 1. The Morgan fingerprint density at radius 2 is 1.97 bits per heavy atom. The van der Waals surface area contributed by atoms with Crippen LogP contribution in [0.15, 0.2) is 36.5 Å². The molecule has 162 valence electrons. The lowest BCUT2D eigenvalue weighted by Gasteiger charge is -2.40. The number of aromatic nitrogens is 1. The first-order valence-electron chi connectivity index (χ1n) is 10.4. The Kier molecular flexibility index (Phi) is 7.05. The number of amides is 2. The quantitative estimate of drug-likeness (QED) is 0.689. The van der Waals surface area contributed by atoms with E-state index in [1.54, 1.807) is 6.20 Å². The number of nitrogens with one attached hydrogen (secondary N) is 1.